The second-order valence-corrected chi connectivity index (χ2v) is 4.97. The lowest BCUT2D eigenvalue weighted by Crippen LogP contribution is -2.21. The second-order valence-electron chi connectivity index (χ2n) is 4.97. The minimum atomic E-state index is 0.230. The summed E-state index contributed by atoms with van der Waals surface area (Å²) in [5.41, 5.74) is 8.19. The Balaban J connectivity index is 1.83. The van der Waals surface area contributed by atoms with E-state index >= 15 is 0 Å². The average Bonchev–Trinajstić information content (AvgIpc) is 2.54. The molecular weight excluding hydrogens is 258 g/mol. The lowest BCUT2D eigenvalue weighted by molar-refractivity contribution is 0.370. The quantitative estimate of drug-likeness (QED) is 0.851. The molecule has 0 spiro atoms. The summed E-state index contributed by atoms with van der Waals surface area (Å²) in [7, 11) is 0. The Labute approximate surface area is 126 Å². The molecular formula is C19H21NO. The maximum Gasteiger partial charge on any atom is 0.149 e. The minimum Gasteiger partial charge on any atom is -0.481 e. The Hall–Kier alpha value is -2.24. The zero-order valence-electron chi connectivity index (χ0n) is 12.4. The molecule has 1 unspecified atom stereocenters. The predicted octanol–water partition coefficient (Wildman–Crippen LogP) is 3.40. The molecule has 2 aromatic rings. The molecule has 0 aromatic heterocycles. The highest BCUT2D eigenvalue weighted by molar-refractivity contribution is 5.34. The van der Waals surface area contributed by atoms with E-state index in [-0.39, 0.29) is 6.04 Å². The Morgan fingerprint density at radius 3 is 2.43 bits per heavy atom. The van der Waals surface area contributed by atoms with Gasteiger partial charge in [-0.25, -0.2) is 0 Å². The fraction of sp³-hybridized carbons (Fsp3) is 0.263. The van der Waals surface area contributed by atoms with Crippen LogP contribution in [-0.2, 0) is 6.42 Å². The third-order valence-corrected chi connectivity index (χ3v) is 3.26. The molecule has 2 aromatic carbocycles. The van der Waals surface area contributed by atoms with Crippen molar-refractivity contribution in [3.8, 4) is 17.6 Å². The van der Waals surface area contributed by atoms with Crippen molar-refractivity contribution in [2.75, 3.05) is 6.61 Å². The van der Waals surface area contributed by atoms with Gasteiger partial charge in [-0.1, -0.05) is 49.1 Å². The molecule has 0 aliphatic heterocycles. The number of hydrogen-bond acceptors (Lipinski definition) is 2. The summed E-state index contributed by atoms with van der Waals surface area (Å²) in [5.74, 6) is 6.92. The molecule has 0 aliphatic carbocycles. The maximum absolute atomic E-state index is 5.95. The maximum atomic E-state index is 5.95. The molecule has 0 fully saturated rings. The summed E-state index contributed by atoms with van der Waals surface area (Å²) in [6.07, 6.45) is 1.90. The first-order valence-corrected chi connectivity index (χ1v) is 7.29. The number of benzene rings is 2. The number of rotatable bonds is 5. The summed E-state index contributed by atoms with van der Waals surface area (Å²) in [5, 5.41) is 0. The first-order chi connectivity index (χ1) is 10.3. The van der Waals surface area contributed by atoms with E-state index in [0.717, 1.165) is 24.2 Å². The SMILES string of the molecule is CCC(N)Cc1ccc(OCC#Cc2ccccc2)cc1. The summed E-state index contributed by atoms with van der Waals surface area (Å²) in [6.45, 7) is 2.50. The van der Waals surface area contributed by atoms with E-state index in [1.807, 2.05) is 42.5 Å². The van der Waals surface area contributed by atoms with E-state index in [1.54, 1.807) is 0 Å². The Morgan fingerprint density at radius 2 is 1.76 bits per heavy atom. The van der Waals surface area contributed by atoms with Crippen LogP contribution in [0.15, 0.2) is 54.6 Å². The molecule has 2 N–H and O–H groups in total. The topological polar surface area (TPSA) is 35.2 Å². The van der Waals surface area contributed by atoms with Gasteiger partial charge in [-0.15, -0.1) is 0 Å². The van der Waals surface area contributed by atoms with Crippen LogP contribution in [0.2, 0.25) is 0 Å². The van der Waals surface area contributed by atoms with Crippen molar-refractivity contribution >= 4 is 0 Å². The molecule has 0 heterocycles. The molecule has 0 saturated heterocycles. The van der Waals surface area contributed by atoms with Crippen LogP contribution in [-0.4, -0.2) is 12.6 Å². The fourth-order valence-corrected chi connectivity index (χ4v) is 1.95. The van der Waals surface area contributed by atoms with Gasteiger partial charge in [0.15, 0.2) is 0 Å². The molecule has 0 bridgehead atoms. The van der Waals surface area contributed by atoms with Gasteiger partial charge in [0.25, 0.3) is 0 Å². The fourth-order valence-electron chi connectivity index (χ4n) is 1.95. The average molecular weight is 279 g/mol. The van der Waals surface area contributed by atoms with Gasteiger partial charge >= 0.3 is 0 Å². The van der Waals surface area contributed by atoms with Crippen LogP contribution in [0.25, 0.3) is 0 Å². The molecule has 2 heteroatoms. The highest BCUT2D eigenvalue weighted by atomic mass is 16.5. The van der Waals surface area contributed by atoms with Gasteiger partial charge in [0.1, 0.15) is 12.4 Å². The highest BCUT2D eigenvalue weighted by Gasteiger charge is 2.01. The van der Waals surface area contributed by atoms with E-state index in [4.69, 9.17) is 10.5 Å². The standard InChI is InChI=1S/C19H21NO/c1-2-18(20)15-17-10-12-19(13-11-17)21-14-6-9-16-7-4-3-5-8-16/h3-5,7-8,10-13,18H,2,14-15,20H2,1H3. The highest BCUT2D eigenvalue weighted by Crippen LogP contribution is 2.13. The summed E-state index contributed by atoms with van der Waals surface area (Å²) in [4.78, 5) is 0. The lowest BCUT2D eigenvalue weighted by atomic mass is 10.0. The van der Waals surface area contributed by atoms with Crippen LogP contribution in [0.3, 0.4) is 0 Å². The van der Waals surface area contributed by atoms with Gasteiger partial charge in [-0.2, -0.15) is 0 Å². The Morgan fingerprint density at radius 1 is 1.05 bits per heavy atom. The molecule has 1 atom stereocenters. The van der Waals surface area contributed by atoms with Crippen LogP contribution >= 0.6 is 0 Å². The second kappa shape index (κ2) is 8.14. The summed E-state index contributed by atoms with van der Waals surface area (Å²) in [6, 6.07) is 18.2. The van der Waals surface area contributed by atoms with E-state index in [2.05, 4.69) is 30.9 Å². The smallest absolute Gasteiger partial charge is 0.149 e. The molecule has 2 rings (SSSR count). The predicted molar refractivity (Wildman–Crippen MR) is 87.2 cm³/mol. The van der Waals surface area contributed by atoms with Crippen molar-refractivity contribution in [2.45, 2.75) is 25.8 Å². The van der Waals surface area contributed by atoms with E-state index in [0.29, 0.717) is 6.61 Å². The van der Waals surface area contributed by atoms with E-state index in [1.165, 1.54) is 5.56 Å². The van der Waals surface area contributed by atoms with Crippen LogP contribution in [0.5, 0.6) is 5.75 Å². The van der Waals surface area contributed by atoms with Crippen LogP contribution in [0.1, 0.15) is 24.5 Å². The van der Waals surface area contributed by atoms with Crippen molar-refractivity contribution in [3.63, 3.8) is 0 Å². The molecule has 0 amide bonds. The third kappa shape index (κ3) is 5.33. The molecule has 0 aliphatic rings. The summed E-state index contributed by atoms with van der Waals surface area (Å²) >= 11 is 0. The first kappa shape index (κ1) is 15.2. The zero-order chi connectivity index (χ0) is 14.9. The molecule has 0 radical (unpaired) electrons. The zero-order valence-corrected chi connectivity index (χ0v) is 12.4. The Kier molecular flexibility index (Phi) is 5.87. The van der Waals surface area contributed by atoms with E-state index < -0.39 is 0 Å². The van der Waals surface area contributed by atoms with E-state index in [9.17, 15) is 0 Å². The number of hydrogen-bond donors (Lipinski definition) is 1. The van der Waals surface area contributed by atoms with Crippen molar-refractivity contribution in [1.29, 1.82) is 0 Å². The van der Waals surface area contributed by atoms with Crippen molar-refractivity contribution in [1.82, 2.24) is 0 Å². The molecule has 0 saturated carbocycles. The van der Waals surface area contributed by atoms with Crippen molar-refractivity contribution in [2.24, 2.45) is 5.73 Å². The van der Waals surface area contributed by atoms with Gasteiger partial charge in [0, 0.05) is 11.6 Å². The van der Waals surface area contributed by atoms with Gasteiger partial charge in [-0.3, -0.25) is 0 Å². The van der Waals surface area contributed by atoms with Crippen molar-refractivity contribution in [3.05, 3.63) is 65.7 Å². The van der Waals surface area contributed by atoms with Gasteiger partial charge in [0.2, 0.25) is 0 Å². The molecule has 108 valence electrons. The largest absolute Gasteiger partial charge is 0.481 e. The lowest BCUT2D eigenvalue weighted by Gasteiger charge is -2.09. The normalized spacial score (nSPS) is 11.3. The van der Waals surface area contributed by atoms with Gasteiger partial charge < -0.3 is 10.5 Å². The summed E-state index contributed by atoms with van der Waals surface area (Å²) < 4.78 is 5.61. The Bertz CT molecular complexity index is 593. The third-order valence-electron chi connectivity index (χ3n) is 3.26. The molecule has 2 nitrogen and oxygen atoms in total. The van der Waals surface area contributed by atoms with Crippen LogP contribution < -0.4 is 10.5 Å². The van der Waals surface area contributed by atoms with Gasteiger partial charge in [0.05, 0.1) is 0 Å². The van der Waals surface area contributed by atoms with Gasteiger partial charge in [-0.05, 0) is 42.7 Å². The van der Waals surface area contributed by atoms with Crippen LogP contribution in [0, 0.1) is 11.8 Å². The molecule has 21 heavy (non-hydrogen) atoms. The number of ether oxygens (including phenoxy) is 1. The van der Waals surface area contributed by atoms with Crippen molar-refractivity contribution < 1.29 is 4.74 Å². The number of nitrogens with two attached hydrogens (primary N) is 1. The first-order valence-electron chi connectivity index (χ1n) is 7.29. The minimum absolute atomic E-state index is 0.230. The monoisotopic (exact) mass is 279 g/mol. The van der Waals surface area contributed by atoms with Crippen LogP contribution in [0.4, 0.5) is 0 Å².